The van der Waals surface area contributed by atoms with Gasteiger partial charge < -0.3 is 10.4 Å². The summed E-state index contributed by atoms with van der Waals surface area (Å²) in [6, 6.07) is 10.4. The molecule has 0 aliphatic heterocycles. The summed E-state index contributed by atoms with van der Waals surface area (Å²) < 4.78 is 13.5. The van der Waals surface area contributed by atoms with Gasteiger partial charge in [-0.05, 0) is 36.2 Å². The average molecular weight is 338 g/mol. The Morgan fingerprint density at radius 3 is 2.60 bits per heavy atom. The normalized spacial score (nSPS) is 11.9. The summed E-state index contributed by atoms with van der Waals surface area (Å²) in [5.74, 6) is -1.44. The lowest BCUT2D eigenvalue weighted by molar-refractivity contribution is -0.138. The van der Waals surface area contributed by atoms with E-state index in [1.807, 2.05) is 31.2 Å². The third-order valence-electron chi connectivity index (χ3n) is 2.97. The van der Waals surface area contributed by atoms with E-state index in [1.54, 1.807) is 0 Å². The van der Waals surface area contributed by atoms with Crippen molar-refractivity contribution >= 4 is 27.6 Å². The first-order valence-corrected chi connectivity index (χ1v) is 6.78. The monoisotopic (exact) mass is 337 g/mol. The zero-order valence-corrected chi connectivity index (χ0v) is 12.3. The highest BCUT2D eigenvalue weighted by atomic mass is 79.9. The molecule has 104 valence electrons. The largest absolute Gasteiger partial charge is 0.479 e. The van der Waals surface area contributed by atoms with Gasteiger partial charge in [0.2, 0.25) is 0 Å². The van der Waals surface area contributed by atoms with E-state index in [9.17, 15) is 14.3 Å². The SMILES string of the molecule is Cc1ccccc1NC(C(=O)O)c1ccc(F)cc1Br. The lowest BCUT2D eigenvalue weighted by Gasteiger charge is -2.19. The summed E-state index contributed by atoms with van der Waals surface area (Å²) in [4.78, 5) is 11.5. The summed E-state index contributed by atoms with van der Waals surface area (Å²) in [5, 5.41) is 12.4. The molecule has 0 radical (unpaired) electrons. The van der Waals surface area contributed by atoms with Gasteiger partial charge in [-0.15, -0.1) is 0 Å². The summed E-state index contributed by atoms with van der Waals surface area (Å²) in [6.07, 6.45) is 0. The maximum Gasteiger partial charge on any atom is 0.330 e. The zero-order chi connectivity index (χ0) is 14.7. The molecule has 2 rings (SSSR count). The van der Waals surface area contributed by atoms with Gasteiger partial charge in [0.05, 0.1) is 0 Å². The van der Waals surface area contributed by atoms with Gasteiger partial charge in [0.15, 0.2) is 6.04 Å². The molecule has 0 bridgehead atoms. The molecule has 0 aliphatic rings. The molecule has 0 aliphatic carbocycles. The van der Waals surface area contributed by atoms with Gasteiger partial charge in [-0.25, -0.2) is 9.18 Å². The molecule has 2 aromatic rings. The molecule has 1 atom stereocenters. The van der Waals surface area contributed by atoms with E-state index < -0.39 is 17.8 Å². The lowest BCUT2D eigenvalue weighted by atomic mass is 10.1. The predicted molar refractivity (Wildman–Crippen MR) is 79.3 cm³/mol. The number of carboxylic acid groups (broad SMARTS) is 1. The van der Waals surface area contributed by atoms with Crippen LogP contribution in [0.4, 0.5) is 10.1 Å². The molecule has 0 fully saturated rings. The molecular formula is C15H13BrFNO2. The maximum absolute atomic E-state index is 13.1. The molecule has 0 aromatic heterocycles. The fraction of sp³-hybridized carbons (Fsp3) is 0.133. The van der Waals surface area contributed by atoms with Gasteiger partial charge in [-0.1, -0.05) is 40.2 Å². The van der Waals surface area contributed by atoms with E-state index >= 15 is 0 Å². The van der Waals surface area contributed by atoms with E-state index in [4.69, 9.17) is 0 Å². The molecule has 3 nitrogen and oxygen atoms in total. The van der Waals surface area contributed by atoms with Gasteiger partial charge in [-0.3, -0.25) is 0 Å². The Morgan fingerprint density at radius 1 is 1.30 bits per heavy atom. The van der Waals surface area contributed by atoms with Crippen molar-refractivity contribution in [2.24, 2.45) is 0 Å². The van der Waals surface area contributed by atoms with Crippen molar-refractivity contribution in [3.8, 4) is 0 Å². The number of hydrogen-bond acceptors (Lipinski definition) is 2. The van der Waals surface area contributed by atoms with Crippen LogP contribution in [0.15, 0.2) is 46.9 Å². The van der Waals surface area contributed by atoms with Crippen molar-refractivity contribution in [2.75, 3.05) is 5.32 Å². The molecule has 1 unspecified atom stereocenters. The van der Waals surface area contributed by atoms with Crippen molar-refractivity contribution < 1.29 is 14.3 Å². The molecule has 5 heteroatoms. The van der Waals surface area contributed by atoms with Crippen LogP contribution in [0.25, 0.3) is 0 Å². The first kappa shape index (κ1) is 14.5. The number of hydrogen-bond donors (Lipinski definition) is 2. The number of aliphatic carboxylic acids is 1. The number of nitrogens with one attached hydrogen (secondary N) is 1. The van der Waals surface area contributed by atoms with E-state index in [1.165, 1.54) is 18.2 Å². The highest BCUT2D eigenvalue weighted by molar-refractivity contribution is 9.10. The molecule has 0 spiro atoms. The second kappa shape index (κ2) is 6.05. The Bertz CT molecular complexity index is 646. The number of anilines is 1. The van der Waals surface area contributed by atoms with Crippen LogP contribution in [0.1, 0.15) is 17.2 Å². The van der Waals surface area contributed by atoms with Gasteiger partial charge >= 0.3 is 5.97 Å². The van der Waals surface area contributed by atoms with Crippen LogP contribution in [0.5, 0.6) is 0 Å². The van der Waals surface area contributed by atoms with Crippen LogP contribution in [0.2, 0.25) is 0 Å². The van der Waals surface area contributed by atoms with Crippen LogP contribution in [-0.4, -0.2) is 11.1 Å². The fourth-order valence-corrected chi connectivity index (χ4v) is 2.48. The van der Waals surface area contributed by atoms with Gasteiger partial charge in [-0.2, -0.15) is 0 Å². The molecular weight excluding hydrogens is 325 g/mol. The fourth-order valence-electron chi connectivity index (χ4n) is 1.90. The van der Waals surface area contributed by atoms with Crippen molar-refractivity contribution in [2.45, 2.75) is 13.0 Å². The second-order valence-electron chi connectivity index (χ2n) is 4.40. The zero-order valence-electron chi connectivity index (χ0n) is 10.7. The number of rotatable bonds is 4. The molecule has 20 heavy (non-hydrogen) atoms. The first-order chi connectivity index (χ1) is 9.49. The van der Waals surface area contributed by atoms with E-state index in [0.717, 1.165) is 11.3 Å². The molecule has 0 saturated carbocycles. The average Bonchev–Trinajstić information content (AvgIpc) is 2.38. The van der Waals surface area contributed by atoms with Gasteiger partial charge in [0.1, 0.15) is 5.82 Å². The molecule has 0 heterocycles. The minimum absolute atomic E-state index is 0.416. The van der Waals surface area contributed by atoms with Crippen molar-refractivity contribution in [3.05, 3.63) is 63.9 Å². The van der Waals surface area contributed by atoms with Gasteiger partial charge in [0, 0.05) is 10.2 Å². The van der Waals surface area contributed by atoms with Crippen molar-refractivity contribution in [3.63, 3.8) is 0 Å². The first-order valence-electron chi connectivity index (χ1n) is 5.99. The molecule has 0 amide bonds. The number of para-hydroxylation sites is 1. The minimum Gasteiger partial charge on any atom is -0.479 e. The Morgan fingerprint density at radius 2 is 2.00 bits per heavy atom. The Labute approximate surface area is 124 Å². The third kappa shape index (κ3) is 3.17. The Balaban J connectivity index is 2.37. The summed E-state index contributed by atoms with van der Waals surface area (Å²) in [6.45, 7) is 1.89. The molecule has 0 saturated heterocycles. The predicted octanol–water partition coefficient (Wildman–Crippen LogP) is 4.13. The maximum atomic E-state index is 13.1. The van der Waals surface area contributed by atoms with Crippen molar-refractivity contribution in [1.82, 2.24) is 0 Å². The number of carboxylic acids is 1. The van der Waals surface area contributed by atoms with Crippen LogP contribution >= 0.6 is 15.9 Å². The van der Waals surface area contributed by atoms with Crippen LogP contribution in [-0.2, 0) is 4.79 Å². The molecule has 2 aromatic carbocycles. The smallest absolute Gasteiger partial charge is 0.330 e. The van der Waals surface area contributed by atoms with Crippen LogP contribution in [0, 0.1) is 12.7 Å². The van der Waals surface area contributed by atoms with Crippen LogP contribution < -0.4 is 5.32 Å². The highest BCUT2D eigenvalue weighted by Gasteiger charge is 2.22. The van der Waals surface area contributed by atoms with E-state index in [0.29, 0.717) is 10.0 Å². The summed E-state index contributed by atoms with van der Waals surface area (Å²) >= 11 is 3.20. The minimum atomic E-state index is -1.03. The highest BCUT2D eigenvalue weighted by Crippen LogP contribution is 2.28. The summed E-state index contributed by atoms with van der Waals surface area (Å²) in [5.41, 5.74) is 2.15. The Kier molecular flexibility index (Phi) is 4.39. The molecule has 2 N–H and O–H groups in total. The third-order valence-corrected chi connectivity index (χ3v) is 3.65. The van der Waals surface area contributed by atoms with Crippen LogP contribution in [0.3, 0.4) is 0 Å². The number of halogens is 2. The second-order valence-corrected chi connectivity index (χ2v) is 5.25. The summed E-state index contributed by atoms with van der Waals surface area (Å²) in [7, 11) is 0. The topological polar surface area (TPSA) is 49.3 Å². The number of carbonyl (C=O) groups is 1. The lowest BCUT2D eigenvalue weighted by Crippen LogP contribution is -2.21. The van der Waals surface area contributed by atoms with Gasteiger partial charge in [0.25, 0.3) is 0 Å². The standard InChI is InChI=1S/C15H13BrFNO2/c1-9-4-2-3-5-13(9)18-14(15(19)20)11-7-6-10(17)8-12(11)16/h2-8,14,18H,1H3,(H,19,20). The number of benzene rings is 2. The Hall–Kier alpha value is -1.88. The van der Waals surface area contributed by atoms with E-state index in [2.05, 4.69) is 21.2 Å². The quantitative estimate of drug-likeness (QED) is 0.881. The van der Waals surface area contributed by atoms with E-state index in [-0.39, 0.29) is 0 Å². The number of aryl methyl sites for hydroxylation is 1. The van der Waals surface area contributed by atoms with Crippen molar-refractivity contribution in [1.29, 1.82) is 0 Å².